The van der Waals surface area contributed by atoms with Gasteiger partial charge in [0, 0.05) is 25.8 Å². The fourth-order valence-electron chi connectivity index (χ4n) is 2.68. The van der Waals surface area contributed by atoms with Crippen LogP contribution in [0.3, 0.4) is 0 Å². The Hall–Kier alpha value is -2.41. The first-order chi connectivity index (χ1) is 12.0. The molecule has 25 heavy (non-hydrogen) atoms. The number of amides is 2. The highest BCUT2D eigenvalue weighted by molar-refractivity contribution is 5.95. The smallest absolute Gasteiger partial charge is 0.307 e. The number of likely N-dealkylation sites (N-methyl/N-ethyl adjacent to an activating group) is 1. The zero-order chi connectivity index (χ0) is 18.2. The van der Waals surface area contributed by atoms with Crippen LogP contribution in [0.2, 0.25) is 0 Å². The number of carbonyl (C=O) groups is 3. The molecule has 1 unspecified atom stereocenters. The molecule has 136 valence electrons. The van der Waals surface area contributed by atoms with Gasteiger partial charge in [-0.1, -0.05) is 25.1 Å². The molecule has 1 saturated heterocycles. The van der Waals surface area contributed by atoms with E-state index in [9.17, 15) is 14.4 Å². The van der Waals surface area contributed by atoms with Gasteiger partial charge in [-0.2, -0.15) is 0 Å². The number of benzene rings is 1. The molecule has 1 aliphatic heterocycles. The Morgan fingerprint density at radius 3 is 2.72 bits per heavy atom. The topological polar surface area (TPSA) is 79.0 Å². The second-order valence-electron chi connectivity index (χ2n) is 5.99. The molecule has 0 bridgehead atoms. The number of carbonyl (C=O) groups excluding carboxylic acids is 3. The quantitative estimate of drug-likeness (QED) is 0.738. The summed E-state index contributed by atoms with van der Waals surface area (Å²) in [4.78, 5) is 39.9. The van der Waals surface area contributed by atoms with Crippen molar-refractivity contribution in [3.05, 3.63) is 30.3 Å². The third-order valence-electron chi connectivity index (χ3n) is 4.12. The molecule has 1 aromatic carbocycles. The predicted octanol–water partition coefficient (Wildman–Crippen LogP) is 0.793. The van der Waals surface area contributed by atoms with Gasteiger partial charge < -0.3 is 15.0 Å². The number of anilines is 1. The third-order valence-corrected chi connectivity index (χ3v) is 4.12. The standard InChI is InChI=1S/C18H25N3O4/c1-3-11-25-17(23)12-15-18(24)19-9-10-21(15)13-16(22)20(2)14-7-5-4-6-8-14/h4-8,15H,3,9-13H2,1-2H3,(H,19,24). The molecule has 0 aromatic heterocycles. The lowest BCUT2D eigenvalue weighted by atomic mass is 10.1. The number of hydrogen-bond donors (Lipinski definition) is 1. The summed E-state index contributed by atoms with van der Waals surface area (Å²) in [5, 5.41) is 2.74. The highest BCUT2D eigenvalue weighted by Gasteiger charge is 2.33. The van der Waals surface area contributed by atoms with E-state index in [1.54, 1.807) is 16.8 Å². The molecule has 1 atom stereocenters. The van der Waals surface area contributed by atoms with Gasteiger partial charge in [0.1, 0.15) is 6.04 Å². The summed E-state index contributed by atoms with van der Waals surface area (Å²) in [5.74, 6) is -0.791. The Kier molecular flexibility index (Phi) is 6.94. The van der Waals surface area contributed by atoms with Crippen molar-refractivity contribution in [3.8, 4) is 0 Å². The molecular weight excluding hydrogens is 322 g/mol. The number of nitrogens with zero attached hydrogens (tertiary/aromatic N) is 2. The lowest BCUT2D eigenvalue weighted by Gasteiger charge is -2.34. The van der Waals surface area contributed by atoms with E-state index in [1.165, 1.54) is 0 Å². The number of rotatable bonds is 7. The summed E-state index contributed by atoms with van der Waals surface area (Å²) in [6, 6.07) is 8.63. The number of esters is 1. The van der Waals surface area contributed by atoms with Crippen LogP contribution in [0.4, 0.5) is 5.69 Å². The minimum Gasteiger partial charge on any atom is -0.466 e. The Morgan fingerprint density at radius 2 is 2.04 bits per heavy atom. The molecular formula is C18H25N3O4. The van der Waals surface area contributed by atoms with Crippen LogP contribution in [0.1, 0.15) is 19.8 Å². The van der Waals surface area contributed by atoms with Gasteiger partial charge in [-0.3, -0.25) is 19.3 Å². The molecule has 7 heteroatoms. The maximum atomic E-state index is 12.6. The molecule has 0 saturated carbocycles. The van der Waals surface area contributed by atoms with Crippen molar-refractivity contribution in [2.75, 3.05) is 38.2 Å². The Balaban J connectivity index is 2.00. The van der Waals surface area contributed by atoms with Gasteiger partial charge in [-0.15, -0.1) is 0 Å². The van der Waals surface area contributed by atoms with Crippen LogP contribution in [0, 0.1) is 0 Å². The molecule has 0 aliphatic carbocycles. The Bertz CT molecular complexity index is 606. The van der Waals surface area contributed by atoms with Gasteiger partial charge in [0.25, 0.3) is 0 Å². The van der Waals surface area contributed by atoms with Gasteiger partial charge >= 0.3 is 5.97 Å². The van der Waals surface area contributed by atoms with Gasteiger partial charge in [-0.25, -0.2) is 0 Å². The minimum absolute atomic E-state index is 0.0475. The Morgan fingerprint density at radius 1 is 1.32 bits per heavy atom. The molecule has 2 rings (SSSR count). The van der Waals surface area contributed by atoms with Crippen molar-refractivity contribution >= 4 is 23.5 Å². The van der Waals surface area contributed by atoms with Crippen molar-refractivity contribution < 1.29 is 19.1 Å². The number of ether oxygens (including phenoxy) is 1. The summed E-state index contributed by atoms with van der Waals surface area (Å²) in [6.45, 7) is 3.30. The lowest BCUT2D eigenvalue weighted by molar-refractivity contribution is -0.149. The average Bonchev–Trinajstić information content (AvgIpc) is 2.62. The monoisotopic (exact) mass is 347 g/mol. The molecule has 2 amide bonds. The molecule has 1 heterocycles. The van der Waals surface area contributed by atoms with Crippen LogP contribution in [0.15, 0.2) is 30.3 Å². The van der Waals surface area contributed by atoms with E-state index >= 15 is 0 Å². The summed E-state index contributed by atoms with van der Waals surface area (Å²) >= 11 is 0. The van der Waals surface area contributed by atoms with Crippen molar-refractivity contribution in [1.82, 2.24) is 10.2 Å². The Labute approximate surface area is 147 Å². The van der Waals surface area contributed by atoms with E-state index in [0.717, 1.165) is 12.1 Å². The second kappa shape index (κ2) is 9.17. The maximum absolute atomic E-state index is 12.6. The van der Waals surface area contributed by atoms with Gasteiger partial charge in [0.2, 0.25) is 11.8 Å². The first-order valence-electron chi connectivity index (χ1n) is 8.52. The van der Waals surface area contributed by atoms with Crippen LogP contribution in [0.5, 0.6) is 0 Å². The molecule has 1 fully saturated rings. The SMILES string of the molecule is CCCOC(=O)CC1C(=O)NCCN1CC(=O)N(C)c1ccccc1. The fraction of sp³-hybridized carbons (Fsp3) is 0.500. The van der Waals surface area contributed by atoms with Crippen LogP contribution in [0.25, 0.3) is 0 Å². The number of piperazine rings is 1. The predicted molar refractivity (Wildman–Crippen MR) is 94.1 cm³/mol. The van der Waals surface area contributed by atoms with Crippen LogP contribution < -0.4 is 10.2 Å². The zero-order valence-electron chi connectivity index (χ0n) is 14.7. The van der Waals surface area contributed by atoms with E-state index in [1.807, 2.05) is 37.3 Å². The summed E-state index contributed by atoms with van der Waals surface area (Å²) in [6.07, 6.45) is 0.681. The molecule has 0 radical (unpaired) electrons. The maximum Gasteiger partial charge on any atom is 0.307 e. The first kappa shape index (κ1) is 18.9. The molecule has 1 N–H and O–H groups in total. The first-order valence-corrected chi connectivity index (χ1v) is 8.52. The van der Waals surface area contributed by atoms with Gasteiger partial charge in [-0.05, 0) is 18.6 Å². The number of nitrogens with one attached hydrogen (secondary N) is 1. The summed E-state index contributed by atoms with van der Waals surface area (Å²) < 4.78 is 5.07. The van der Waals surface area contributed by atoms with Crippen molar-refractivity contribution in [1.29, 1.82) is 0 Å². The summed E-state index contributed by atoms with van der Waals surface area (Å²) in [5.41, 5.74) is 0.785. The summed E-state index contributed by atoms with van der Waals surface area (Å²) in [7, 11) is 1.70. The van der Waals surface area contributed by atoms with Crippen molar-refractivity contribution in [2.45, 2.75) is 25.8 Å². The highest BCUT2D eigenvalue weighted by Crippen LogP contribution is 2.14. The van der Waals surface area contributed by atoms with Crippen LogP contribution >= 0.6 is 0 Å². The second-order valence-corrected chi connectivity index (χ2v) is 5.99. The third kappa shape index (κ3) is 5.29. The van der Waals surface area contributed by atoms with Crippen LogP contribution in [-0.4, -0.2) is 62.0 Å². The van der Waals surface area contributed by atoms with E-state index in [2.05, 4.69) is 5.32 Å². The molecule has 1 aromatic rings. The lowest BCUT2D eigenvalue weighted by Crippen LogP contribution is -2.58. The fourth-order valence-corrected chi connectivity index (χ4v) is 2.68. The highest BCUT2D eigenvalue weighted by atomic mass is 16.5. The normalized spacial score (nSPS) is 17.7. The number of hydrogen-bond acceptors (Lipinski definition) is 5. The molecule has 0 spiro atoms. The van der Waals surface area contributed by atoms with Gasteiger partial charge in [0.05, 0.1) is 19.6 Å². The zero-order valence-corrected chi connectivity index (χ0v) is 14.7. The minimum atomic E-state index is -0.675. The van der Waals surface area contributed by atoms with Gasteiger partial charge in [0.15, 0.2) is 0 Å². The van der Waals surface area contributed by atoms with E-state index < -0.39 is 12.0 Å². The largest absolute Gasteiger partial charge is 0.466 e. The molecule has 7 nitrogen and oxygen atoms in total. The average molecular weight is 347 g/mol. The van der Waals surface area contributed by atoms with Crippen molar-refractivity contribution in [2.24, 2.45) is 0 Å². The van der Waals surface area contributed by atoms with E-state index in [0.29, 0.717) is 19.7 Å². The van der Waals surface area contributed by atoms with Crippen molar-refractivity contribution in [3.63, 3.8) is 0 Å². The van der Waals surface area contributed by atoms with E-state index in [4.69, 9.17) is 4.74 Å². The van der Waals surface area contributed by atoms with Crippen LogP contribution in [-0.2, 0) is 19.1 Å². The molecule has 1 aliphatic rings. The number of para-hydroxylation sites is 1. The van der Waals surface area contributed by atoms with E-state index in [-0.39, 0.29) is 24.8 Å².